The number of carbonyl (C=O) groups is 1. The van der Waals surface area contributed by atoms with Crippen LogP contribution in [-0.4, -0.2) is 66.6 Å². The van der Waals surface area contributed by atoms with E-state index in [0.29, 0.717) is 17.4 Å². The zero-order chi connectivity index (χ0) is 17.6. The first kappa shape index (κ1) is 18.5. The van der Waals surface area contributed by atoms with Crippen molar-refractivity contribution in [2.24, 2.45) is 11.8 Å². The Balaban J connectivity index is 1.45. The van der Waals surface area contributed by atoms with E-state index in [2.05, 4.69) is 33.9 Å². The number of thioether (sulfide) groups is 1. The molecule has 2 aliphatic rings. The molecule has 0 spiro atoms. The highest BCUT2D eigenvalue weighted by atomic mass is 32.2. The lowest BCUT2D eigenvalue weighted by molar-refractivity contribution is 0.0947. The zero-order valence-electron chi connectivity index (χ0n) is 15.4. The molecule has 0 aliphatic carbocycles. The Kier molecular flexibility index (Phi) is 6.59. The van der Waals surface area contributed by atoms with E-state index >= 15 is 0 Å². The zero-order valence-corrected chi connectivity index (χ0v) is 16.2. The van der Waals surface area contributed by atoms with Crippen LogP contribution in [0.3, 0.4) is 0 Å². The van der Waals surface area contributed by atoms with Crippen molar-refractivity contribution in [1.29, 1.82) is 0 Å². The number of rotatable bonds is 6. The summed E-state index contributed by atoms with van der Waals surface area (Å²) in [6, 6.07) is 3.88. The van der Waals surface area contributed by atoms with E-state index in [-0.39, 0.29) is 5.91 Å². The summed E-state index contributed by atoms with van der Waals surface area (Å²) in [5, 5.41) is 3.09. The van der Waals surface area contributed by atoms with Gasteiger partial charge in [0, 0.05) is 50.4 Å². The lowest BCUT2D eigenvalue weighted by atomic mass is 10.1. The molecule has 2 saturated heterocycles. The number of aromatic nitrogens is 1. The van der Waals surface area contributed by atoms with E-state index in [1.807, 2.05) is 23.9 Å². The summed E-state index contributed by atoms with van der Waals surface area (Å²) in [6.45, 7) is 10.8. The third kappa shape index (κ3) is 5.35. The lowest BCUT2D eigenvalue weighted by Crippen LogP contribution is -2.33. The Morgan fingerprint density at radius 2 is 2.12 bits per heavy atom. The third-order valence-electron chi connectivity index (χ3n) is 4.89. The van der Waals surface area contributed by atoms with Crippen LogP contribution >= 0.6 is 11.8 Å². The van der Waals surface area contributed by atoms with Gasteiger partial charge >= 0.3 is 0 Å². The number of anilines is 1. The molecule has 1 aromatic heterocycles. The van der Waals surface area contributed by atoms with Crippen LogP contribution in [-0.2, 0) is 0 Å². The van der Waals surface area contributed by atoms with Gasteiger partial charge in [0.1, 0.15) is 5.82 Å². The number of hydrogen-bond donors (Lipinski definition) is 1. The van der Waals surface area contributed by atoms with Gasteiger partial charge in [-0.25, -0.2) is 4.98 Å². The Bertz CT molecular complexity index is 557. The second-order valence-electron chi connectivity index (χ2n) is 7.52. The summed E-state index contributed by atoms with van der Waals surface area (Å²) in [4.78, 5) is 21.7. The lowest BCUT2D eigenvalue weighted by Gasteiger charge is -2.27. The quantitative estimate of drug-likeness (QED) is 0.842. The minimum absolute atomic E-state index is 0.00411. The first-order chi connectivity index (χ1) is 12.1. The summed E-state index contributed by atoms with van der Waals surface area (Å²) in [7, 11) is 0. The summed E-state index contributed by atoms with van der Waals surface area (Å²) < 4.78 is 0. The van der Waals surface area contributed by atoms with Crippen molar-refractivity contribution < 1.29 is 4.79 Å². The molecule has 6 heteroatoms. The van der Waals surface area contributed by atoms with E-state index in [9.17, 15) is 4.79 Å². The maximum absolute atomic E-state index is 12.4. The van der Waals surface area contributed by atoms with Crippen molar-refractivity contribution in [1.82, 2.24) is 15.2 Å². The molecule has 0 radical (unpaired) electrons. The predicted octanol–water partition coefficient (Wildman–Crippen LogP) is 2.34. The fourth-order valence-electron chi connectivity index (χ4n) is 3.60. The Morgan fingerprint density at radius 3 is 2.80 bits per heavy atom. The third-order valence-corrected chi connectivity index (χ3v) is 5.83. The molecule has 1 aromatic rings. The number of nitrogens with zero attached hydrogens (tertiary/aromatic N) is 3. The predicted molar refractivity (Wildman–Crippen MR) is 105 cm³/mol. The maximum atomic E-state index is 12.4. The topological polar surface area (TPSA) is 48.5 Å². The molecular formula is C19H30N4OS. The van der Waals surface area contributed by atoms with Gasteiger partial charge in [-0.15, -0.1) is 0 Å². The van der Waals surface area contributed by atoms with Crippen LogP contribution < -0.4 is 10.2 Å². The smallest absolute Gasteiger partial charge is 0.252 e. The Labute approximate surface area is 155 Å². The molecule has 1 atom stereocenters. The number of carbonyl (C=O) groups excluding carboxylic acids is 1. The average molecular weight is 363 g/mol. The van der Waals surface area contributed by atoms with E-state index in [4.69, 9.17) is 0 Å². The van der Waals surface area contributed by atoms with Crippen molar-refractivity contribution in [3.05, 3.63) is 23.9 Å². The first-order valence-electron chi connectivity index (χ1n) is 9.41. The highest BCUT2D eigenvalue weighted by Gasteiger charge is 2.23. The molecule has 25 heavy (non-hydrogen) atoms. The van der Waals surface area contributed by atoms with Gasteiger partial charge in [-0.3, -0.25) is 4.79 Å². The van der Waals surface area contributed by atoms with Crippen LogP contribution in [0.4, 0.5) is 5.82 Å². The summed E-state index contributed by atoms with van der Waals surface area (Å²) >= 11 is 1.99. The van der Waals surface area contributed by atoms with E-state index in [0.717, 1.165) is 56.6 Å². The monoisotopic (exact) mass is 362 g/mol. The minimum Gasteiger partial charge on any atom is -0.355 e. The second kappa shape index (κ2) is 8.90. The summed E-state index contributed by atoms with van der Waals surface area (Å²) in [5.74, 6) is 4.56. The van der Waals surface area contributed by atoms with Crippen LogP contribution in [0.15, 0.2) is 18.3 Å². The SMILES string of the molecule is CC(C)CN1CCC(CNC(=O)c2ccc(N3CCSCC3)nc2)C1. The molecule has 0 saturated carbocycles. The molecular weight excluding hydrogens is 332 g/mol. The molecule has 2 aliphatic heterocycles. The fraction of sp³-hybridized carbons (Fsp3) is 0.684. The van der Waals surface area contributed by atoms with Crippen molar-refractivity contribution in [2.75, 3.05) is 55.7 Å². The Hall–Kier alpha value is -1.27. The number of amides is 1. The summed E-state index contributed by atoms with van der Waals surface area (Å²) in [6.07, 6.45) is 2.89. The van der Waals surface area contributed by atoms with Crippen molar-refractivity contribution in [2.45, 2.75) is 20.3 Å². The number of nitrogens with one attached hydrogen (secondary N) is 1. The molecule has 1 amide bonds. The van der Waals surface area contributed by atoms with E-state index < -0.39 is 0 Å². The number of likely N-dealkylation sites (tertiary alicyclic amines) is 1. The van der Waals surface area contributed by atoms with Gasteiger partial charge in [0.2, 0.25) is 0 Å². The molecule has 138 valence electrons. The molecule has 1 N–H and O–H groups in total. The first-order valence-corrected chi connectivity index (χ1v) is 10.6. The highest BCUT2D eigenvalue weighted by Crippen LogP contribution is 2.18. The standard InChI is InChI=1S/C19H30N4OS/c1-15(2)13-22-6-5-16(14-22)11-21-19(24)17-3-4-18(20-12-17)23-7-9-25-10-8-23/h3-4,12,15-16H,5-11,13-14H2,1-2H3,(H,21,24). The molecule has 3 rings (SSSR count). The van der Waals surface area contributed by atoms with Gasteiger partial charge in [0.15, 0.2) is 0 Å². The van der Waals surface area contributed by atoms with Crippen LogP contribution in [0.1, 0.15) is 30.6 Å². The molecule has 0 aromatic carbocycles. The second-order valence-corrected chi connectivity index (χ2v) is 8.75. The fourth-order valence-corrected chi connectivity index (χ4v) is 4.50. The van der Waals surface area contributed by atoms with Crippen molar-refractivity contribution >= 4 is 23.5 Å². The minimum atomic E-state index is -0.00411. The van der Waals surface area contributed by atoms with Gasteiger partial charge in [-0.1, -0.05) is 13.8 Å². The average Bonchev–Trinajstić information content (AvgIpc) is 3.07. The van der Waals surface area contributed by atoms with Crippen LogP contribution in [0.5, 0.6) is 0 Å². The molecule has 3 heterocycles. The van der Waals surface area contributed by atoms with Crippen molar-refractivity contribution in [3.63, 3.8) is 0 Å². The molecule has 0 bridgehead atoms. The molecule has 1 unspecified atom stereocenters. The largest absolute Gasteiger partial charge is 0.355 e. The van der Waals surface area contributed by atoms with Crippen LogP contribution in [0.25, 0.3) is 0 Å². The number of pyridine rings is 1. The summed E-state index contributed by atoms with van der Waals surface area (Å²) in [5.41, 5.74) is 0.659. The highest BCUT2D eigenvalue weighted by molar-refractivity contribution is 7.99. The maximum Gasteiger partial charge on any atom is 0.252 e. The van der Waals surface area contributed by atoms with Gasteiger partial charge < -0.3 is 15.1 Å². The molecule has 5 nitrogen and oxygen atoms in total. The normalized spacial score (nSPS) is 21.7. The van der Waals surface area contributed by atoms with Gasteiger partial charge in [0.25, 0.3) is 5.91 Å². The molecule has 2 fully saturated rings. The van der Waals surface area contributed by atoms with Crippen LogP contribution in [0.2, 0.25) is 0 Å². The van der Waals surface area contributed by atoms with Gasteiger partial charge in [-0.05, 0) is 36.9 Å². The van der Waals surface area contributed by atoms with Crippen LogP contribution in [0, 0.1) is 11.8 Å². The van der Waals surface area contributed by atoms with Gasteiger partial charge in [0.05, 0.1) is 5.56 Å². The number of hydrogen-bond acceptors (Lipinski definition) is 5. The van der Waals surface area contributed by atoms with E-state index in [1.54, 1.807) is 6.20 Å². The van der Waals surface area contributed by atoms with Gasteiger partial charge in [-0.2, -0.15) is 11.8 Å². The Morgan fingerprint density at radius 1 is 1.32 bits per heavy atom. The van der Waals surface area contributed by atoms with Crippen molar-refractivity contribution in [3.8, 4) is 0 Å². The van der Waals surface area contributed by atoms with E-state index in [1.165, 1.54) is 6.42 Å².